The van der Waals surface area contributed by atoms with Crippen molar-refractivity contribution in [3.63, 3.8) is 0 Å². The third-order valence-corrected chi connectivity index (χ3v) is 3.71. The minimum absolute atomic E-state index is 0.112. The van der Waals surface area contributed by atoms with E-state index in [1.807, 2.05) is 24.3 Å². The Morgan fingerprint density at radius 2 is 1.84 bits per heavy atom. The molecule has 0 atom stereocenters. The summed E-state index contributed by atoms with van der Waals surface area (Å²) >= 11 is 15.1. The molecule has 0 amide bonds. The number of hydrogen-bond acceptors (Lipinski definition) is 1. The fraction of sp³-hybridized carbons (Fsp3) is 0. The van der Waals surface area contributed by atoms with Gasteiger partial charge in [0, 0.05) is 10.0 Å². The zero-order chi connectivity index (χ0) is 13.8. The number of halogens is 3. The molecular weight excluding hydrogens is 347 g/mol. The molecule has 0 saturated heterocycles. The second kappa shape index (κ2) is 6.38. The average molecular weight is 356 g/mol. The molecule has 0 heterocycles. The summed E-state index contributed by atoms with van der Waals surface area (Å²) in [7, 11) is 0. The lowest BCUT2D eigenvalue weighted by Gasteiger charge is -1.99. The first kappa shape index (κ1) is 14.3. The summed E-state index contributed by atoms with van der Waals surface area (Å²) in [6.07, 6.45) is 3.27. The first-order valence-corrected chi connectivity index (χ1v) is 7.04. The van der Waals surface area contributed by atoms with E-state index in [2.05, 4.69) is 15.9 Å². The van der Waals surface area contributed by atoms with Gasteiger partial charge >= 0.3 is 0 Å². The van der Waals surface area contributed by atoms with Crippen molar-refractivity contribution >= 4 is 51.0 Å². The number of benzene rings is 2. The van der Waals surface area contributed by atoms with Crippen molar-refractivity contribution < 1.29 is 4.79 Å². The number of hydrogen-bond donors (Lipinski definition) is 0. The van der Waals surface area contributed by atoms with Crippen molar-refractivity contribution in [2.45, 2.75) is 0 Å². The van der Waals surface area contributed by atoms with Gasteiger partial charge in [0.15, 0.2) is 5.78 Å². The predicted octanol–water partition coefficient (Wildman–Crippen LogP) is 5.65. The third-order valence-electron chi connectivity index (χ3n) is 2.48. The molecule has 0 spiro atoms. The minimum atomic E-state index is -0.112. The van der Waals surface area contributed by atoms with Crippen LogP contribution in [0.4, 0.5) is 0 Å². The number of rotatable bonds is 3. The SMILES string of the molecule is O=C(/C=C/c1cccc(Br)c1)c1ccc(Cl)c(Cl)c1. The summed E-state index contributed by atoms with van der Waals surface area (Å²) in [6, 6.07) is 12.5. The fourth-order valence-corrected chi connectivity index (χ4v) is 2.24. The van der Waals surface area contributed by atoms with Crippen LogP contribution >= 0.6 is 39.1 Å². The topological polar surface area (TPSA) is 17.1 Å². The highest BCUT2D eigenvalue weighted by molar-refractivity contribution is 9.10. The van der Waals surface area contributed by atoms with Gasteiger partial charge in [0.2, 0.25) is 0 Å². The second-order valence-corrected chi connectivity index (χ2v) is 5.61. The molecule has 0 unspecified atom stereocenters. The van der Waals surface area contributed by atoms with Crippen molar-refractivity contribution in [2.24, 2.45) is 0 Å². The molecule has 0 aromatic heterocycles. The predicted molar refractivity (Wildman–Crippen MR) is 84.0 cm³/mol. The maximum atomic E-state index is 12.0. The molecule has 0 radical (unpaired) electrons. The average Bonchev–Trinajstić information content (AvgIpc) is 2.39. The van der Waals surface area contributed by atoms with Gasteiger partial charge in [-0.05, 0) is 42.0 Å². The van der Waals surface area contributed by atoms with Crippen LogP contribution in [-0.2, 0) is 0 Å². The normalized spacial score (nSPS) is 10.9. The largest absolute Gasteiger partial charge is 0.289 e. The summed E-state index contributed by atoms with van der Waals surface area (Å²) in [4.78, 5) is 12.0. The van der Waals surface area contributed by atoms with Gasteiger partial charge in [-0.25, -0.2) is 0 Å². The van der Waals surface area contributed by atoms with Gasteiger partial charge in [-0.15, -0.1) is 0 Å². The molecule has 0 fully saturated rings. The van der Waals surface area contributed by atoms with E-state index < -0.39 is 0 Å². The molecule has 0 bridgehead atoms. The Morgan fingerprint density at radius 3 is 2.53 bits per heavy atom. The maximum Gasteiger partial charge on any atom is 0.185 e. The molecule has 2 aromatic rings. The van der Waals surface area contributed by atoms with E-state index in [1.54, 1.807) is 24.3 Å². The lowest BCUT2D eigenvalue weighted by Crippen LogP contribution is -1.93. The Bertz CT molecular complexity index is 650. The van der Waals surface area contributed by atoms with E-state index in [1.165, 1.54) is 6.08 Å². The van der Waals surface area contributed by atoms with Gasteiger partial charge in [0.25, 0.3) is 0 Å². The van der Waals surface area contributed by atoms with E-state index in [-0.39, 0.29) is 5.78 Å². The van der Waals surface area contributed by atoms with Crippen molar-refractivity contribution in [1.29, 1.82) is 0 Å². The Balaban J connectivity index is 2.19. The highest BCUT2D eigenvalue weighted by Gasteiger charge is 2.05. The molecular formula is C15H9BrCl2O. The van der Waals surface area contributed by atoms with Crippen LogP contribution in [0.5, 0.6) is 0 Å². The Labute approximate surface area is 130 Å². The maximum absolute atomic E-state index is 12.0. The van der Waals surface area contributed by atoms with Crippen molar-refractivity contribution in [1.82, 2.24) is 0 Å². The van der Waals surface area contributed by atoms with Crippen LogP contribution in [0.3, 0.4) is 0 Å². The van der Waals surface area contributed by atoms with Crippen LogP contribution in [0, 0.1) is 0 Å². The van der Waals surface area contributed by atoms with E-state index in [9.17, 15) is 4.79 Å². The van der Waals surface area contributed by atoms with Crippen molar-refractivity contribution in [3.8, 4) is 0 Å². The van der Waals surface area contributed by atoms with E-state index in [4.69, 9.17) is 23.2 Å². The quantitative estimate of drug-likeness (QED) is 0.513. The first-order valence-electron chi connectivity index (χ1n) is 5.49. The number of allylic oxidation sites excluding steroid dienone is 1. The molecule has 2 aromatic carbocycles. The summed E-state index contributed by atoms with van der Waals surface area (Å²) in [5.74, 6) is -0.112. The molecule has 0 N–H and O–H groups in total. The molecule has 0 aliphatic heterocycles. The third kappa shape index (κ3) is 3.93. The molecule has 4 heteroatoms. The minimum Gasteiger partial charge on any atom is -0.289 e. The Hall–Kier alpha value is -1.09. The number of carbonyl (C=O) groups is 1. The molecule has 0 aliphatic rings. The fourth-order valence-electron chi connectivity index (χ4n) is 1.53. The van der Waals surface area contributed by atoms with Crippen molar-refractivity contribution in [3.05, 3.63) is 74.2 Å². The first-order chi connectivity index (χ1) is 9.06. The van der Waals surface area contributed by atoms with Crippen LogP contribution in [0.2, 0.25) is 10.0 Å². The van der Waals surface area contributed by atoms with Crippen LogP contribution in [0.15, 0.2) is 53.0 Å². The van der Waals surface area contributed by atoms with Gasteiger partial charge in [-0.1, -0.05) is 57.3 Å². The monoisotopic (exact) mass is 354 g/mol. The molecule has 19 heavy (non-hydrogen) atoms. The van der Waals surface area contributed by atoms with Gasteiger partial charge < -0.3 is 0 Å². The molecule has 1 nitrogen and oxygen atoms in total. The molecule has 0 aliphatic carbocycles. The molecule has 0 saturated carbocycles. The van der Waals surface area contributed by atoms with E-state index >= 15 is 0 Å². The van der Waals surface area contributed by atoms with Crippen LogP contribution in [0.25, 0.3) is 6.08 Å². The zero-order valence-corrected chi connectivity index (χ0v) is 12.8. The molecule has 2 rings (SSSR count). The standard InChI is InChI=1S/C15H9BrCl2O/c16-12-3-1-2-10(8-12)4-7-15(19)11-5-6-13(17)14(18)9-11/h1-9H/b7-4+. The zero-order valence-electron chi connectivity index (χ0n) is 9.74. The highest BCUT2D eigenvalue weighted by atomic mass is 79.9. The van der Waals surface area contributed by atoms with Crippen LogP contribution in [-0.4, -0.2) is 5.78 Å². The Kier molecular flexibility index (Phi) is 4.81. The number of carbonyl (C=O) groups excluding carboxylic acids is 1. The summed E-state index contributed by atoms with van der Waals surface area (Å²) in [6.45, 7) is 0. The van der Waals surface area contributed by atoms with Gasteiger partial charge in [-0.2, -0.15) is 0 Å². The smallest absolute Gasteiger partial charge is 0.185 e. The van der Waals surface area contributed by atoms with Gasteiger partial charge in [0.05, 0.1) is 10.0 Å². The number of ketones is 1. The summed E-state index contributed by atoms with van der Waals surface area (Å²) in [5.41, 5.74) is 1.46. The second-order valence-electron chi connectivity index (χ2n) is 3.88. The highest BCUT2D eigenvalue weighted by Crippen LogP contribution is 2.23. The lowest BCUT2D eigenvalue weighted by atomic mass is 10.1. The van der Waals surface area contributed by atoms with Crippen molar-refractivity contribution in [2.75, 3.05) is 0 Å². The van der Waals surface area contributed by atoms with Crippen LogP contribution in [0.1, 0.15) is 15.9 Å². The van der Waals surface area contributed by atoms with Gasteiger partial charge in [0.1, 0.15) is 0 Å². The lowest BCUT2D eigenvalue weighted by molar-refractivity contribution is 0.104. The summed E-state index contributed by atoms with van der Waals surface area (Å²) < 4.78 is 0.969. The Morgan fingerprint density at radius 1 is 1.05 bits per heavy atom. The van der Waals surface area contributed by atoms with E-state index in [0.717, 1.165) is 10.0 Å². The summed E-state index contributed by atoms with van der Waals surface area (Å²) in [5, 5.41) is 0.817. The molecule has 96 valence electrons. The van der Waals surface area contributed by atoms with E-state index in [0.29, 0.717) is 15.6 Å². The van der Waals surface area contributed by atoms with Gasteiger partial charge in [-0.3, -0.25) is 4.79 Å². The van der Waals surface area contributed by atoms with Crippen LogP contribution < -0.4 is 0 Å².